The first-order valence-corrected chi connectivity index (χ1v) is 16.7. The summed E-state index contributed by atoms with van der Waals surface area (Å²) in [5, 5.41) is 41.3. The molecule has 0 saturated heterocycles. The van der Waals surface area contributed by atoms with Gasteiger partial charge in [-0.05, 0) is 66.4 Å². The van der Waals surface area contributed by atoms with Crippen LogP contribution < -0.4 is 16.0 Å². The average molecular weight is 692 g/mol. The molecule has 8 nitrogen and oxygen atoms in total. The van der Waals surface area contributed by atoms with Gasteiger partial charge in [-0.25, -0.2) is 4.68 Å². The predicted octanol–water partition coefficient (Wildman–Crippen LogP) is 6.04. The Labute approximate surface area is 284 Å². The summed E-state index contributed by atoms with van der Waals surface area (Å²) >= 11 is 3.56. The number of aromatic nitrogens is 3. The van der Waals surface area contributed by atoms with Crippen LogP contribution in [-0.4, -0.2) is 56.0 Å². The van der Waals surface area contributed by atoms with Gasteiger partial charge >= 0.3 is 0 Å². The van der Waals surface area contributed by atoms with Crippen LogP contribution in [-0.2, 0) is 13.0 Å². The molecule has 47 heavy (non-hydrogen) atoms. The number of hydrogen-bond donors (Lipinski definition) is 5. The summed E-state index contributed by atoms with van der Waals surface area (Å²) in [5.41, 5.74) is 6.61. The topological polar surface area (TPSA) is 107 Å². The van der Waals surface area contributed by atoms with E-state index < -0.39 is 12.2 Å². The van der Waals surface area contributed by atoms with Gasteiger partial charge in [-0.2, -0.15) is 0 Å². The third-order valence-electron chi connectivity index (χ3n) is 8.61. The van der Waals surface area contributed by atoms with Crippen LogP contribution in [0.3, 0.4) is 0 Å². The van der Waals surface area contributed by atoms with Crippen molar-refractivity contribution in [2.75, 3.05) is 17.2 Å². The summed E-state index contributed by atoms with van der Waals surface area (Å²) in [6, 6.07) is 33.9. The number of anilines is 2. The Morgan fingerprint density at radius 2 is 1.53 bits per heavy atom. The zero-order valence-electron chi connectivity index (χ0n) is 26.0. The lowest BCUT2D eigenvalue weighted by atomic mass is 9.85. The van der Waals surface area contributed by atoms with Gasteiger partial charge in [0, 0.05) is 46.5 Å². The molecule has 5 N–H and O–H groups in total. The van der Waals surface area contributed by atoms with Crippen molar-refractivity contribution < 1.29 is 10.2 Å². The lowest BCUT2D eigenvalue weighted by molar-refractivity contribution is 0.0242. The summed E-state index contributed by atoms with van der Waals surface area (Å²) in [7, 11) is 0. The van der Waals surface area contributed by atoms with E-state index in [0.717, 1.165) is 52.2 Å². The quantitative estimate of drug-likeness (QED) is 0.102. The molecule has 1 fully saturated rings. The highest BCUT2D eigenvalue weighted by Gasteiger charge is 2.35. The van der Waals surface area contributed by atoms with Crippen LogP contribution in [0.5, 0.6) is 0 Å². The lowest BCUT2D eigenvalue weighted by Gasteiger charge is -2.38. The number of terminal acetylenes is 1. The van der Waals surface area contributed by atoms with Gasteiger partial charge in [-0.15, -0.1) is 11.5 Å². The van der Waals surface area contributed by atoms with Crippen molar-refractivity contribution in [3.8, 4) is 23.6 Å². The second-order valence-corrected chi connectivity index (χ2v) is 13.0. The zero-order valence-corrected chi connectivity index (χ0v) is 27.6. The van der Waals surface area contributed by atoms with Gasteiger partial charge in [0.25, 0.3) is 0 Å². The fourth-order valence-electron chi connectivity index (χ4n) is 6.13. The van der Waals surface area contributed by atoms with E-state index in [1.54, 1.807) is 0 Å². The summed E-state index contributed by atoms with van der Waals surface area (Å²) in [6.45, 7) is 1.47. The highest BCUT2D eigenvalue weighted by molar-refractivity contribution is 9.10. The Morgan fingerprint density at radius 3 is 2.28 bits per heavy atom. The number of nitrogens with one attached hydrogen (secondary N) is 3. The summed E-state index contributed by atoms with van der Waals surface area (Å²) in [5.74, 6) is 2.65. The van der Waals surface area contributed by atoms with Crippen molar-refractivity contribution >= 4 is 27.3 Å². The van der Waals surface area contributed by atoms with Gasteiger partial charge in [0.2, 0.25) is 0 Å². The standard InChI is InChI=1S/C38H39BrN6O2/c1-2-26-11-7-15-31(18-26)41-34-21-35(38(47)22-37(34)46)42-32-16-8-13-29(20-32)36-25-45(44-43-36)33(19-27-9-4-3-5-10-27)24-40-23-28-12-6-14-30(39)17-28/h1,3-18,20,25,33-35,37-38,40-42,46-47H,19,21-24H2/t33-,34-,35-,37-,38-/m0/s1. The molecule has 1 saturated carbocycles. The first-order chi connectivity index (χ1) is 22.9. The highest BCUT2D eigenvalue weighted by Crippen LogP contribution is 2.28. The minimum absolute atomic E-state index is 0.0571. The van der Waals surface area contributed by atoms with E-state index in [2.05, 4.69) is 84.5 Å². The minimum Gasteiger partial charge on any atom is -0.391 e. The number of hydrogen-bond acceptors (Lipinski definition) is 7. The van der Waals surface area contributed by atoms with E-state index in [1.807, 2.05) is 77.6 Å². The van der Waals surface area contributed by atoms with Gasteiger partial charge in [0.05, 0.1) is 36.5 Å². The van der Waals surface area contributed by atoms with E-state index in [-0.39, 0.29) is 24.5 Å². The SMILES string of the molecule is C#Cc1cccc(N[C@H]2C[C@H](Nc3cccc(-c4cn([C@H](CNCc5cccc(Br)c5)Cc5ccccc5)nn4)c3)[C@@H](O)C[C@@H]2O)c1. The van der Waals surface area contributed by atoms with E-state index >= 15 is 0 Å². The largest absolute Gasteiger partial charge is 0.391 e. The van der Waals surface area contributed by atoms with Gasteiger partial charge in [-0.3, -0.25) is 0 Å². The van der Waals surface area contributed by atoms with Crippen molar-refractivity contribution in [2.24, 2.45) is 0 Å². The lowest BCUT2D eigenvalue weighted by Crippen LogP contribution is -2.51. The second-order valence-electron chi connectivity index (χ2n) is 12.1. The molecule has 9 heteroatoms. The Bertz CT molecular complexity index is 1810. The van der Waals surface area contributed by atoms with Crippen LogP contribution in [0.2, 0.25) is 0 Å². The van der Waals surface area contributed by atoms with Crippen molar-refractivity contribution in [2.45, 2.75) is 56.1 Å². The van der Waals surface area contributed by atoms with E-state index in [0.29, 0.717) is 6.42 Å². The first kappa shape index (κ1) is 32.5. The third-order valence-corrected chi connectivity index (χ3v) is 9.10. The van der Waals surface area contributed by atoms with Crippen molar-refractivity contribution in [3.63, 3.8) is 0 Å². The van der Waals surface area contributed by atoms with Gasteiger partial charge in [0.1, 0.15) is 5.69 Å². The molecule has 1 aromatic heterocycles. The molecule has 0 unspecified atom stereocenters. The van der Waals surface area contributed by atoms with Gasteiger partial charge < -0.3 is 26.2 Å². The van der Waals surface area contributed by atoms with Crippen LogP contribution in [0.15, 0.2) is 114 Å². The van der Waals surface area contributed by atoms with Crippen molar-refractivity contribution in [1.82, 2.24) is 20.3 Å². The molecule has 6 rings (SSSR count). The Balaban J connectivity index is 1.14. The monoisotopic (exact) mass is 690 g/mol. The first-order valence-electron chi connectivity index (χ1n) is 15.9. The Kier molecular flexibility index (Phi) is 10.7. The molecule has 240 valence electrons. The van der Waals surface area contributed by atoms with Crippen LogP contribution in [0.4, 0.5) is 11.4 Å². The smallest absolute Gasteiger partial charge is 0.113 e. The molecule has 0 bridgehead atoms. The molecule has 1 heterocycles. The Morgan fingerprint density at radius 1 is 0.830 bits per heavy atom. The number of rotatable bonds is 12. The molecule has 0 aliphatic heterocycles. The number of aliphatic hydroxyl groups excluding tert-OH is 2. The molecule has 0 amide bonds. The summed E-state index contributed by atoms with van der Waals surface area (Å²) in [6.07, 6.45) is 7.78. The number of halogens is 1. The number of aliphatic hydroxyl groups is 2. The molecule has 1 aliphatic rings. The molecule has 0 spiro atoms. The predicted molar refractivity (Wildman–Crippen MR) is 191 cm³/mol. The van der Waals surface area contributed by atoms with E-state index in [1.165, 1.54) is 11.1 Å². The molecule has 1 aliphatic carbocycles. The van der Waals surface area contributed by atoms with Crippen molar-refractivity contribution in [1.29, 1.82) is 0 Å². The van der Waals surface area contributed by atoms with E-state index in [4.69, 9.17) is 6.42 Å². The highest BCUT2D eigenvalue weighted by atomic mass is 79.9. The van der Waals surface area contributed by atoms with Crippen LogP contribution in [0.1, 0.15) is 35.6 Å². The molecular formula is C38H39BrN6O2. The van der Waals surface area contributed by atoms with Crippen LogP contribution >= 0.6 is 15.9 Å². The second kappa shape index (κ2) is 15.4. The molecule has 5 atom stereocenters. The van der Waals surface area contributed by atoms with Crippen LogP contribution in [0, 0.1) is 12.3 Å². The third kappa shape index (κ3) is 8.67. The molecule has 5 aromatic rings. The maximum absolute atomic E-state index is 10.9. The van der Waals surface area contributed by atoms with Gasteiger partial charge in [0.15, 0.2) is 0 Å². The number of nitrogens with zero attached hydrogens (tertiary/aromatic N) is 3. The zero-order chi connectivity index (χ0) is 32.6. The normalized spacial score (nSPS) is 19.9. The molecular weight excluding hydrogens is 652 g/mol. The van der Waals surface area contributed by atoms with Crippen LogP contribution in [0.25, 0.3) is 11.3 Å². The fraction of sp³-hybridized carbons (Fsp3) is 0.263. The number of benzene rings is 4. The maximum Gasteiger partial charge on any atom is 0.113 e. The fourth-order valence-corrected chi connectivity index (χ4v) is 6.58. The summed E-state index contributed by atoms with van der Waals surface area (Å²) < 4.78 is 3.02. The Hall–Kier alpha value is -4.46. The molecule has 0 radical (unpaired) electrons. The average Bonchev–Trinajstić information content (AvgIpc) is 3.58. The maximum atomic E-state index is 10.9. The van der Waals surface area contributed by atoms with Crippen molar-refractivity contribution in [3.05, 3.63) is 130 Å². The summed E-state index contributed by atoms with van der Waals surface area (Å²) in [4.78, 5) is 0. The van der Waals surface area contributed by atoms with E-state index in [9.17, 15) is 10.2 Å². The van der Waals surface area contributed by atoms with Gasteiger partial charge in [-0.1, -0.05) is 87.7 Å². The molecule has 4 aromatic carbocycles. The minimum atomic E-state index is -0.701.